The molecule has 3 atom stereocenters. The molecule has 31 heavy (non-hydrogen) atoms. The van der Waals surface area contributed by atoms with Crippen molar-refractivity contribution < 1.29 is 19.5 Å². The molecule has 0 aromatic heterocycles. The summed E-state index contributed by atoms with van der Waals surface area (Å²) in [4.78, 5) is 39.6. The molecule has 0 bridgehead atoms. The number of para-hydroxylation sites is 1. The molecule has 0 aliphatic carbocycles. The van der Waals surface area contributed by atoms with Crippen LogP contribution in [0.1, 0.15) is 38.8 Å². The number of amides is 3. The number of hydrogen-bond donors (Lipinski definition) is 3. The Balaban J connectivity index is 1.79. The van der Waals surface area contributed by atoms with E-state index in [1.807, 2.05) is 48.5 Å². The Bertz CT molecular complexity index is 988. The fourth-order valence-corrected chi connectivity index (χ4v) is 3.75. The van der Waals surface area contributed by atoms with Gasteiger partial charge in [-0.25, -0.2) is 0 Å². The molecule has 3 rings (SSSR count). The van der Waals surface area contributed by atoms with Crippen molar-refractivity contribution in [2.45, 2.75) is 45.4 Å². The van der Waals surface area contributed by atoms with Gasteiger partial charge in [0.05, 0.1) is 5.69 Å². The number of fused-ring (bicyclic) bond motifs is 3. The Morgan fingerprint density at radius 1 is 1.03 bits per heavy atom. The van der Waals surface area contributed by atoms with Crippen LogP contribution in [0, 0.1) is 5.92 Å². The second kappa shape index (κ2) is 9.31. The van der Waals surface area contributed by atoms with E-state index in [-0.39, 0.29) is 24.2 Å². The number of nitrogens with one attached hydrogen (secondary N) is 2. The third-order valence-electron chi connectivity index (χ3n) is 5.49. The lowest BCUT2D eigenvalue weighted by atomic mass is 9.95. The van der Waals surface area contributed by atoms with E-state index in [0.29, 0.717) is 0 Å². The minimum Gasteiger partial charge on any atom is -0.383 e. The van der Waals surface area contributed by atoms with Gasteiger partial charge in [-0.15, -0.1) is 0 Å². The summed E-state index contributed by atoms with van der Waals surface area (Å²) in [5.74, 6) is -1.34. The number of hydrogen-bond acceptors (Lipinski definition) is 4. The number of anilines is 1. The van der Waals surface area contributed by atoms with E-state index in [4.69, 9.17) is 0 Å². The first-order chi connectivity index (χ1) is 14.7. The third kappa shape index (κ3) is 4.77. The van der Waals surface area contributed by atoms with Crippen LogP contribution in [0.2, 0.25) is 0 Å². The minimum absolute atomic E-state index is 0.0147. The van der Waals surface area contributed by atoms with E-state index in [1.54, 1.807) is 32.7 Å². The molecule has 2 aromatic rings. The van der Waals surface area contributed by atoms with Gasteiger partial charge < -0.3 is 20.6 Å². The summed E-state index contributed by atoms with van der Waals surface area (Å²) in [7, 11) is 1.70. The monoisotopic (exact) mass is 423 g/mol. The fraction of sp³-hybridized carbons (Fsp3) is 0.375. The Morgan fingerprint density at radius 3 is 2.32 bits per heavy atom. The molecule has 0 spiro atoms. The summed E-state index contributed by atoms with van der Waals surface area (Å²) in [6, 6.07) is 13.8. The number of rotatable bonds is 6. The summed E-state index contributed by atoms with van der Waals surface area (Å²) in [6.07, 6.45) is -1.15. The lowest BCUT2D eigenvalue weighted by Crippen LogP contribution is -2.45. The van der Waals surface area contributed by atoms with Crippen LogP contribution in [0.15, 0.2) is 48.5 Å². The lowest BCUT2D eigenvalue weighted by Gasteiger charge is -2.24. The molecule has 0 fully saturated rings. The van der Waals surface area contributed by atoms with Crippen LogP contribution in [0.25, 0.3) is 11.1 Å². The van der Waals surface area contributed by atoms with Crippen LogP contribution < -0.4 is 15.5 Å². The summed E-state index contributed by atoms with van der Waals surface area (Å²) in [5, 5.41) is 15.4. The Hall–Kier alpha value is -3.19. The molecule has 1 aliphatic heterocycles. The maximum Gasteiger partial charge on any atom is 0.253 e. The van der Waals surface area contributed by atoms with Gasteiger partial charge in [0.1, 0.15) is 12.1 Å². The number of aliphatic hydroxyl groups excluding tert-OH is 1. The van der Waals surface area contributed by atoms with Gasteiger partial charge in [0, 0.05) is 25.1 Å². The molecule has 2 aromatic carbocycles. The van der Waals surface area contributed by atoms with Crippen LogP contribution in [-0.4, -0.2) is 42.0 Å². The molecule has 1 heterocycles. The maximum atomic E-state index is 13.2. The normalized spacial score (nSPS) is 17.3. The van der Waals surface area contributed by atoms with Gasteiger partial charge in [-0.3, -0.25) is 14.4 Å². The molecule has 0 saturated heterocycles. The van der Waals surface area contributed by atoms with Crippen molar-refractivity contribution in [2.24, 2.45) is 5.92 Å². The van der Waals surface area contributed by atoms with Crippen molar-refractivity contribution in [3.05, 3.63) is 54.1 Å². The molecule has 164 valence electrons. The summed E-state index contributed by atoms with van der Waals surface area (Å²) >= 11 is 0. The fourth-order valence-electron chi connectivity index (χ4n) is 3.75. The quantitative estimate of drug-likeness (QED) is 0.664. The number of carbonyl (C=O) groups is 3. The molecule has 3 N–H and O–H groups in total. The van der Waals surface area contributed by atoms with Gasteiger partial charge in [0.25, 0.3) is 5.91 Å². The zero-order chi connectivity index (χ0) is 22.7. The van der Waals surface area contributed by atoms with E-state index in [2.05, 4.69) is 10.6 Å². The van der Waals surface area contributed by atoms with E-state index >= 15 is 0 Å². The molecule has 0 saturated carbocycles. The van der Waals surface area contributed by atoms with E-state index in [1.165, 1.54) is 0 Å². The van der Waals surface area contributed by atoms with Crippen molar-refractivity contribution in [1.29, 1.82) is 0 Å². The average molecular weight is 424 g/mol. The van der Waals surface area contributed by atoms with Gasteiger partial charge in [0.15, 0.2) is 0 Å². The Morgan fingerprint density at radius 2 is 1.65 bits per heavy atom. The Kier molecular flexibility index (Phi) is 6.75. The Labute approximate surface area is 182 Å². The molecule has 0 unspecified atom stereocenters. The molecule has 3 amide bonds. The topological polar surface area (TPSA) is 98.7 Å². The highest BCUT2D eigenvalue weighted by atomic mass is 16.3. The number of nitrogens with zero attached hydrogens (tertiary/aromatic N) is 1. The van der Waals surface area contributed by atoms with E-state index in [9.17, 15) is 19.5 Å². The predicted octanol–water partition coefficient (Wildman–Crippen LogP) is 2.40. The standard InChI is InChI=1S/C24H29N3O4/c1-14(2)22(29)23(30)25-15(3)13-20(28)26-21-18-11-6-5-9-16(18)17-10-7-8-12-19(17)27(4)24(21)31/h5-12,14-15,21-22,29H,13H2,1-4H3,(H,25,30)(H,26,28)/t15-,21-,22-/m0/s1. The minimum atomic E-state index is -1.13. The first-order valence-electron chi connectivity index (χ1n) is 10.4. The van der Waals surface area contributed by atoms with Crippen molar-refractivity contribution in [3.63, 3.8) is 0 Å². The smallest absolute Gasteiger partial charge is 0.253 e. The van der Waals surface area contributed by atoms with Crippen molar-refractivity contribution in [2.75, 3.05) is 11.9 Å². The first kappa shape index (κ1) is 22.5. The van der Waals surface area contributed by atoms with Crippen LogP contribution in [0.5, 0.6) is 0 Å². The number of likely N-dealkylation sites (N-methyl/N-ethyl adjacent to an activating group) is 1. The molecule has 0 radical (unpaired) electrons. The maximum absolute atomic E-state index is 13.2. The second-order valence-corrected chi connectivity index (χ2v) is 8.30. The molecular formula is C24H29N3O4. The highest BCUT2D eigenvalue weighted by Crippen LogP contribution is 2.39. The third-order valence-corrected chi connectivity index (χ3v) is 5.49. The molecular weight excluding hydrogens is 394 g/mol. The first-order valence-corrected chi connectivity index (χ1v) is 10.4. The van der Waals surface area contributed by atoms with Crippen LogP contribution >= 0.6 is 0 Å². The van der Waals surface area contributed by atoms with Crippen LogP contribution in [0.4, 0.5) is 5.69 Å². The number of benzene rings is 2. The lowest BCUT2D eigenvalue weighted by molar-refractivity contribution is -0.132. The zero-order valence-electron chi connectivity index (χ0n) is 18.3. The van der Waals surface area contributed by atoms with Crippen molar-refractivity contribution >= 4 is 23.4 Å². The predicted molar refractivity (Wildman–Crippen MR) is 119 cm³/mol. The highest BCUT2D eigenvalue weighted by molar-refractivity contribution is 6.06. The number of aliphatic hydroxyl groups is 1. The largest absolute Gasteiger partial charge is 0.383 e. The zero-order valence-corrected chi connectivity index (χ0v) is 18.3. The number of carbonyl (C=O) groups excluding carboxylic acids is 3. The average Bonchev–Trinajstić information content (AvgIpc) is 2.83. The SMILES string of the molecule is CC(C)[C@H](O)C(=O)N[C@@H](C)CC(=O)N[C@@H]1C(=O)N(C)c2ccccc2-c2ccccc21. The molecule has 7 nitrogen and oxygen atoms in total. The van der Waals surface area contributed by atoms with Crippen LogP contribution in [-0.2, 0) is 14.4 Å². The summed E-state index contributed by atoms with van der Waals surface area (Å²) in [5.41, 5.74) is 3.32. The molecule has 1 aliphatic rings. The summed E-state index contributed by atoms with van der Waals surface area (Å²) in [6.45, 7) is 5.17. The van der Waals surface area contributed by atoms with Gasteiger partial charge in [0.2, 0.25) is 11.8 Å². The molecule has 7 heteroatoms. The highest BCUT2D eigenvalue weighted by Gasteiger charge is 2.33. The van der Waals surface area contributed by atoms with E-state index in [0.717, 1.165) is 22.4 Å². The van der Waals surface area contributed by atoms with Crippen molar-refractivity contribution in [1.82, 2.24) is 10.6 Å². The van der Waals surface area contributed by atoms with Gasteiger partial charge >= 0.3 is 0 Å². The second-order valence-electron chi connectivity index (χ2n) is 8.30. The van der Waals surface area contributed by atoms with Gasteiger partial charge in [-0.05, 0) is 30.0 Å². The summed E-state index contributed by atoms with van der Waals surface area (Å²) < 4.78 is 0. The van der Waals surface area contributed by atoms with Crippen LogP contribution in [0.3, 0.4) is 0 Å². The van der Waals surface area contributed by atoms with Gasteiger partial charge in [-0.1, -0.05) is 56.3 Å². The van der Waals surface area contributed by atoms with Crippen molar-refractivity contribution in [3.8, 4) is 11.1 Å². The van der Waals surface area contributed by atoms with E-state index < -0.39 is 24.1 Å². The van der Waals surface area contributed by atoms with Gasteiger partial charge in [-0.2, -0.15) is 0 Å².